The summed E-state index contributed by atoms with van der Waals surface area (Å²) in [6.07, 6.45) is 5.21. The second-order valence-electron chi connectivity index (χ2n) is 8.32. The van der Waals surface area contributed by atoms with Gasteiger partial charge in [0, 0.05) is 12.0 Å². The Labute approximate surface area is 147 Å². The van der Waals surface area contributed by atoms with Crippen LogP contribution >= 0.6 is 11.6 Å². The smallest absolute Gasteiger partial charge is 0.228 e. The Hall–Kier alpha value is -1.40. The van der Waals surface area contributed by atoms with E-state index in [1.54, 1.807) is 12.4 Å². The number of anilines is 1. The van der Waals surface area contributed by atoms with Crippen molar-refractivity contribution in [2.45, 2.75) is 44.8 Å². The summed E-state index contributed by atoms with van der Waals surface area (Å²) in [6, 6.07) is 0. The Balaban J connectivity index is 1.49. The van der Waals surface area contributed by atoms with Crippen molar-refractivity contribution in [3.8, 4) is 0 Å². The van der Waals surface area contributed by atoms with Crippen LogP contribution in [0.3, 0.4) is 0 Å². The fourth-order valence-electron chi connectivity index (χ4n) is 3.86. The normalized spacial score (nSPS) is 26.2. The van der Waals surface area contributed by atoms with Gasteiger partial charge in [-0.05, 0) is 26.7 Å². The first-order chi connectivity index (χ1) is 11.2. The molecule has 0 atom stereocenters. The maximum atomic E-state index is 12.8. The van der Waals surface area contributed by atoms with E-state index in [9.17, 15) is 4.79 Å². The van der Waals surface area contributed by atoms with E-state index in [1.807, 2.05) is 4.90 Å². The number of ether oxygens (including phenoxy) is 1. The lowest BCUT2D eigenvalue weighted by Crippen LogP contribution is -2.74. The van der Waals surface area contributed by atoms with Gasteiger partial charge in [-0.2, -0.15) is 0 Å². The number of nitrogens with zero attached hydrogens (tertiary/aromatic N) is 4. The second-order valence-corrected chi connectivity index (χ2v) is 8.76. The molecule has 3 aliphatic rings. The minimum Gasteiger partial charge on any atom is -0.362 e. The van der Waals surface area contributed by atoms with Gasteiger partial charge in [0.15, 0.2) is 0 Å². The third-order valence-corrected chi connectivity index (χ3v) is 5.39. The summed E-state index contributed by atoms with van der Waals surface area (Å²) in [6.45, 7) is 8.88. The maximum Gasteiger partial charge on any atom is 0.228 e. The van der Waals surface area contributed by atoms with Gasteiger partial charge >= 0.3 is 0 Å². The van der Waals surface area contributed by atoms with E-state index < -0.39 is 0 Å². The summed E-state index contributed by atoms with van der Waals surface area (Å²) in [5.41, 5.74) is -0.810. The summed E-state index contributed by atoms with van der Waals surface area (Å²) in [5, 5.41) is 0.526. The molecule has 3 fully saturated rings. The minimum atomic E-state index is -0.341. The summed E-state index contributed by atoms with van der Waals surface area (Å²) < 4.78 is 6.37. The van der Waals surface area contributed by atoms with Crippen LogP contribution in [0.4, 0.5) is 5.95 Å². The van der Waals surface area contributed by atoms with Gasteiger partial charge in [-0.25, -0.2) is 9.97 Å². The average Bonchev–Trinajstić information content (AvgIpc) is 3.22. The van der Waals surface area contributed by atoms with Crippen LogP contribution in [-0.4, -0.2) is 58.2 Å². The number of hydrogen-bond acceptors (Lipinski definition) is 5. The molecule has 1 aliphatic carbocycles. The van der Waals surface area contributed by atoms with Gasteiger partial charge < -0.3 is 14.5 Å². The Kier molecular flexibility index (Phi) is 3.39. The third kappa shape index (κ3) is 2.75. The van der Waals surface area contributed by atoms with Gasteiger partial charge in [0.05, 0.1) is 42.7 Å². The lowest BCUT2D eigenvalue weighted by molar-refractivity contribution is -0.210. The van der Waals surface area contributed by atoms with E-state index in [2.05, 4.69) is 35.6 Å². The molecule has 0 unspecified atom stereocenters. The molecule has 6 nitrogen and oxygen atoms in total. The molecule has 1 saturated carbocycles. The first-order valence-electron chi connectivity index (χ1n) is 8.43. The van der Waals surface area contributed by atoms with Crippen molar-refractivity contribution in [1.29, 1.82) is 0 Å². The van der Waals surface area contributed by atoms with Crippen molar-refractivity contribution < 1.29 is 9.53 Å². The topological polar surface area (TPSA) is 58.6 Å². The Bertz CT molecular complexity index is 666. The highest BCUT2D eigenvalue weighted by molar-refractivity contribution is 6.30. The van der Waals surface area contributed by atoms with E-state index in [0.29, 0.717) is 37.1 Å². The summed E-state index contributed by atoms with van der Waals surface area (Å²) in [7, 11) is 0. The van der Waals surface area contributed by atoms with Crippen LogP contribution < -0.4 is 4.90 Å². The minimum absolute atomic E-state index is 0.142. The monoisotopic (exact) mass is 350 g/mol. The van der Waals surface area contributed by atoms with Gasteiger partial charge in [0.25, 0.3) is 0 Å². The zero-order valence-corrected chi connectivity index (χ0v) is 15.1. The van der Waals surface area contributed by atoms with Crippen molar-refractivity contribution in [2.24, 2.45) is 5.41 Å². The third-order valence-electron chi connectivity index (χ3n) is 5.19. The van der Waals surface area contributed by atoms with Crippen molar-refractivity contribution in [3.63, 3.8) is 0 Å². The predicted molar refractivity (Wildman–Crippen MR) is 91.1 cm³/mol. The Morgan fingerprint density at radius 1 is 1.12 bits per heavy atom. The number of hydrogen-bond donors (Lipinski definition) is 0. The highest BCUT2D eigenvalue weighted by Gasteiger charge is 2.56. The molecule has 0 radical (unpaired) electrons. The van der Waals surface area contributed by atoms with Crippen molar-refractivity contribution in [1.82, 2.24) is 14.9 Å². The van der Waals surface area contributed by atoms with E-state index in [0.717, 1.165) is 12.8 Å². The van der Waals surface area contributed by atoms with E-state index in [1.165, 1.54) is 0 Å². The zero-order valence-electron chi connectivity index (χ0n) is 14.4. The Morgan fingerprint density at radius 3 is 2.33 bits per heavy atom. The molecule has 1 amide bonds. The number of aromatic nitrogens is 2. The first-order valence-corrected chi connectivity index (χ1v) is 8.80. The molecule has 1 aromatic heterocycles. The number of carbonyl (C=O) groups excluding carboxylic acids is 1. The van der Waals surface area contributed by atoms with Crippen LogP contribution in [0.1, 0.15) is 33.6 Å². The molecule has 2 aliphatic heterocycles. The molecule has 1 aromatic rings. The van der Waals surface area contributed by atoms with Crippen LogP contribution in [-0.2, 0) is 9.53 Å². The number of halogens is 1. The molecular weight excluding hydrogens is 328 g/mol. The molecule has 1 spiro atoms. The lowest BCUT2D eigenvalue weighted by atomic mass is 9.88. The van der Waals surface area contributed by atoms with Crippen LogP contribution in [0.25, 0.3) is 0 Å². The van der Waals surface area contributed by atoms with E-state index in [4.69, 9.17) is 16.3 Å². The van der Waals surface area contributed by atoms with Crippen LogP contribution in [0, 0.1) is 5.41 Å². The Morgan fingerprint density at radius 2 is 1.75 bits per heavy atom. The summed E-state index contributed by atoms with van der Waals surface area (Å²) >= 11 is 5.85. The largest absolute Gasteiger partial charge is 0.362 e. The quantitative estimate of drug-likeness (QED) is 0.817. The van der Waals surface area contributed by atoms with Gasteiger partial charge in [0.1, 0.15) is 5.60 Å². The van der Waals surface area contributed by atoms with E-state index in [-0.39, 0.29) is 22.5 Å². The fourth-order valence-corrected chi connectivity index (χ4v) is 3.96. The highest BCUT2D eigenvalue weighted by atomic mass is 35.5. The van der Waals surface area contributed by atoms with Crippen molar-refractivity contribution >= 4 is 23.5 Å². The summed E-state index contributed by atoms with van der Waals surface area (Å²) in [5.74, 6) is 0.934. The molecular formula is C17H23ClN4O2. The zero-order chi connectivity index (χ0) is 17.2. The molecule has 0 N–H and O–H groups in total. The molecule has 0 aromatic carbocycles. The highest BCUT2D eigenvalue weighted by Crippen LogP contribution is 2.48. The number of carbonyl (C=O) groups is 1. The SMILES string of the molecule is CC1(C)CN(C(=O)C2(C)CC2)CC2(CN(c3ncc(Cl)cn3)C2)O1. The molecule has 2 saturated heterocycles. The number of amides is 1. The van der Waals surface area contributed by atoms with Crippen LogP contribution in [0.2, 0.25) is 5.02 Å². The van der Waals surface area contributed by atoms with E-state index >= 15 is 0 Å². The van der Waals surface area contributed by atoms with Crippen molar-refractivity contribution in [3.05, 3.63) is 17.4 Å². The maximum absolute atomic E-state index is 12.8. The number of rotatable bonds is 2. The van der Waals surface area contributed by atoms with Gasteiger partial charge in [-0.1, -0.05) is 18.5 Å². The number of morpholine rings is 1. The average molecular weight is 351 g/mol. The van der Waals surface area contributed by atoms with Gasteiger partial charge in [0.2, 0.25) is 11.9 Å². The molecule has 130 valence electrons. The molecule has 0 bridgehead atoms. The standard InChI is InChI=1S/C17H23ClN4O2/c1-15(2)8-21(13(23)16(3)4-5-16)9-17(24-15)10-22(11-17)14-19-6-12(18)7-20-14/h6-7H,4-5,8-11H2,1-3H3. The first kappa shape index (κ1) is 16.1. The molecule has 24 heavy (non-hydrogen) atoms. The fraction of sp³-hybridized carbons (Fsp3) is 0.706. The van der Waals surface area contributed by atoms with Crippen molar-refractivity contribution in [2.75, 3.05) is 31.1 Å². The van der Waals surface area contributed by atoms with Crippen LogP contribution in [0.15, 0.2) is 12.4 Å². The second kappa shape index (κ2) is 5.05. The molecule has 3 heterocycles. The predicted octanol–water partition coefficient (Wildman–Crippen LogP) is 2.13. The molecule has 4 rings (SSSR count). The van der Waals surface area contributed by atoms with Gasteiger partial charge in [-0.3, -0.25) is 4.79 Å². The lowest BCUT2D eigenvalue weighted by Gasteiger charge is -2.58. The molecule has 7 heteroatoms. The van der Waals surface area contributed by atoms with Gasteiger partial charge in [-0.15, -0.1) is 0 Å². The summed E-state index contributed by atoms with van der Waals surface area (Å²) in [4.78, 5) is 25.4. The van der Waals surface area contributed by atoms with Crippen LogP contribution in [0.5, 0.6) is 0 Å².